The van der Waals surface area contributed by atoms with Crippen molar-refractivity contribution in [2.45, 2.75) is 52.6 Å². The van der Waals surface area contributed by atoms with Crippen molar-refractivity contribution in [1.29, 1.82) is 0 Å². The van der Waals surface area contributed by atoms with Gasteiger partial charge >= 0.3 is 5.97 Å². The highest BCUT2D eigenvalue weighted by Gasteiger charge is 2.12. The fraction of sp³-hybridized carbons (Fsp3) is 0.320. The largest absolute Gasteiger partial charge is 0.458 e. The Morgan fingerprint density at radius 1 is 1.07 bits per heavy atom. The van der Waals surface area contributed by atoms with Crippen LogP contribution in [0.15, 0.2) is 59.5 Å². The minimum atomic E-state index is -0.424. The fourth-order valence-electron chi connectivity index (χ4n) is 3.43. The molecule has 3 rings (SSSR count). The van der Waals surface area contributed by atoms with Gasteiger partial charge < -0.3 is 9.15 Å². The quantitative estimate of drug-likeness (QED) is 0.239. The van der Waals surface area contributed by atoms with E-state index in [0.717, 1.165) is 40.7 Å². The number of carbonyl (C=O) groups excluding carboxylic acids is 1. The number of hydrogen-bond acceptors (Lipinski definition) is 3. The SMILES string of the molecule is C=CC(=O)OCc1ccc2cc(-c3ccc(CCCCC)cc3CC)oc2c1. The van der Waals surface area contributed by atoms with Gasteiger partial charge in [0.1, 0.15) is 18.0 Å². The van der Waals surface area contributed by atoms with Gasteiger partial charge in [-0.25, -0.2) is 4.79 Å². The maximum Gasteiger partial charge on any atom is 0.330 e. The van der Waals surface area contributed by atoms with Crippen molar-refractivity contribution in [2.75, 3.05) is 0 Å². The van der Waals surface area contributed by atoms with Crippen LogP contribution in [0.1, 0.15) is 49.8 Å². The third-order valence-corrected chi connectivity index (χ3v) is 5.02. The standard InChI is InChI=1S/C25H28O3/c1-4-7-8-9-18-11-13-22(20(5-2)14-18)24-16-21-12-10-19(15-23(21)28-24)17-27-25(26)6-3/h6,10-16H,3-5,7-9,17H2,1-2H3. The van der Waals surface area contributed by atoms with E-state index in [9.17, 15) is 4.79 Å². The van der Waals surface area contributed by atoms with Crippen LogP contribution in [0, 0.1) is 0 Å². The van der Waals surface area contributed by atoms with Gasteiger partial charge in [0, 0.05) is 17.0 Å². The van der Waals surface area contributed by atoms with Crippen LogP contribution >= 0.6 is 0 Å². The van der Waals surface area contributed by atoms with Gasteiger partial charge in [-0.05, 0) is 48.1 Å². The van der Waals surface area contributed by atoms with E-state index in [1.807, 2.05) is 18.2 Å². The van der Waals surface area contributed by atoms with E-state index in [0.29, 0.717) is 0 Å². The highest BCUT2D eigenvalue weighted by Crippen LogP contribution is 2.32. The zero-order valence-corrected chi connectivity index (χ0v) is 16.8. The molecule has 0 unspecified atom stereocenters. The molecule has 0 amide bonds. The monoisotopic (exact) mass is 376 g/mol. The van der Waals surface area contributed by atoms with Crippen molar-refractivity contribution >= 4 is 16.9 Å². The number of unbranched alkanes of at least 4 members (excludes halogenated alkanes) is 2. The van der Waals surface area contributed by atoms with Crippen LogP contribution in [0.5, 0.6) is 0 Å². The Morgan fingerprint density at radius 2 is 1.89 bits per heavy atom. The topological polar surface area (TPSA) is 39.4 Å². The number of benzene rings is 2. The van der Waals surface area contributed by atoms with Crippen molar-refractivity contribution in [3.63, 3.8) is 0 Å². The molecule has 1 aromatic heterocycles. The molecule has 0 bridgehead atoms. The van der Waals surface area contributed by atoms with Crippen LogP contribution in [0.4, 0.5) is 0 Å². The summed E-state index contributed by atoms with van der Waals surface area (Å²) >= 11 is 0. The molecule has 0 aliphatic heterocycles. The van der Waals surface area contributed by atoms with Crippen molar-refractivity contribution in [3.8, 4) is 11.3 Å². The maximum atomic E-state index is 11.3. The Labute approximate surface area is 167 Å². The molecule has 146 valence electrons. The van der Waals surface area contributed by atoms with E-state index in [2.05, 4.69) is 44.7 Å². The van der Waals surface area contributed by atoms with E-state index in [1.54, 1.807) is 0 Å². The first-order valence-corrected chi connectivity index (χ1v) is 10.1. The minimum Gasteiger partial charge on any atom is -0.458 e. The Bertz CT molecular complexity index is 965. The average molecular weight is 376 g/mol. The van der Waals surface area contributed by atoms with Gasteiger partial charge in [0.2, 0.25) is 0 Å². The highest BCUT2D eigenvalue weighted by molar-refractivity contribution is 5.84. The van der Waals surface area contributed by atoms with Gasteiger partial charge in [-0.2, -0.15) is 0 Å². The average Bonchev–Trinajstić information content (AvgIpc) is 3.15. The molecule has 0 N–H and O–H groups in total. The predicted molar refractivity (Wildman–Crippen MR) is 114 cm³/mol. The first-order valence-electron chi connectivity index (χ1n) is 10.1. The molecular formula is C25H28O3. The molecule has 0 fully saturated rings. The molecule has 0 saturated carbocycles. The van der Waals surface area contributed by atoms with Crippen LogP contribution < -0.4 is 0 Å². The van der Waals surface area contributed by atoms with Gasteiger partial charge in [0.05, 0.1) is 0 Å². The second-order valence-corrected chi connectivity index (χ2v) is 7.10. The second kappa shape index (κ2) is 9.41. The van der Waals surface area contributed by atoms with Crippen molar-refractivity contribution in [2.24, 2.45) is 0 Å². The first kappa shape index (κ1) is 19.9. The Morgan fingerprint density at radius 3 is 2.64 bits per heavy atom. The Balaban J connectivity index is 1.84. The zero-order valence-electron chi connectivity index (χ0n) is 16.8. The van der Waals surface area contributed by atoms with E-state index in [-0.39, 0.29) is 6.61 Å². The molecule has 0 aliphatic carbocycles. The van der Waals surface area contributed by atoms with E-state index in [4.69, 9.17) is 9.15 Å². The normalized spacial score (nSPS) is 10.9. The van der Waals surface area contributed by atoms with Gasteiger partial charge in [0.15, 0.2) is 0 Å². The molecule has 3 nitrogen and oxygen atoms in total. The second-order valence-electron chi connectivity index (χ2n) is 7.10. The molecule has 3 aromatic rings. The summed E-state index contributed by atoms with van der Waals surface area (Å²) in [6, 6.07) is 14.7. The summed E-state index contributed by atoms with van der Waals surface area (Å²) < 4.78 is 11.3. The molecule has 3 heteroatoms. The molecule has 2 aromatic carbocycles. The Kier molecular flexibility index (Phi) is 6.70. The lowest BCUT2D eigenvalue weighted by Gasteiger charge is -2.09. The van der Waals surface area contributed by atoms with Crippen molar-refractivity contribution in [3.05, 3.63) is 71.8 Å². The first-order chi connectivity index (χ1) is 13.6. The maximum absolute atomic E-state index is 11.3. The molecule has 0 atom stereocenters. The summed E-state index contributed by atoms with van der Waals surface area (Å²) in [5.41, 5.74) is 5.56. The van der Waals surface area contributed by atoms with Gasteiger partial charge in [0.25, 0.3) is 0 Å². The number of hydrogen-bond donors (Lipinski definition) is 0. The number of furan rings is 1. The van der Waals surface area contributed by atoms with Crippen LogP contribution in [0.3, 0.4) is 0 Å². The minimum absolute atomic E-state index is 0.212. The van der Waals surface area contributed by atoms with Gasteiger partial charge in [-0.1, -0.05) is 63.6 Å². The smallest absolute Gasteiger partial charge is 0.330 e. The van der Waals surface area contributed by atoms with Crippen LogP contribution in [0.2, 0.25) is 0 Å². The Hall–Kier alpha value is -2.81. The number of esters is 1. The summed E-state index contributed by atoms with van der Waals surface area (Å²) in [5, 5.41) is 1.04. The molecule has 1 heterocycles. The summed E-state index contributed by atoms with van der Waals surface area (Å²) in [7, 11) is 0. The van der Waals surface area contributed by atoms with Crippen LogP contribution in [-0.2, 0) is 29.0 Å². The summed E-state index contributed by atoms with van der Waals surface area (Å²) in [6.07, 6.45) is 7.03. The summed E-state index contributed by atoms with van der Waals surface area (Å²) in [5.74, 6) is 0.457. The van der Waals surface area contributed by atoms with Crippen molar-refractivity contribution in [1.82, 2.24) is 0 Å². The van der Waals surface area contributed by atoms with Crippen LogP contribution in [0.25, 0.3) is 22.3 Å². The van der Waals surface area contributed by atoms with Gasteiger partial charge in [-0.3, -0.25) is 0 Å². The van der Waals surface area contributed by atoms with Crippen molar-refractivity contribution < 1.29 is 13.9 Å². The fourth-order valence-corrected chi connectivity index (χ4v) is 3.43. The molecule has 0 spiro atoms. The summed E-state index contributed by atoms with van der Waals surface area (Å²) in [6.45, 7) is 8.04. The summed E-state index contributed by atoms with van der Waals surface area (Å²) in [4.78, 5) is 11.3. The molecular weight excluding hydrogens is 348 g/mol. The third kappa shape index (κ3) is 4.72. The number of aryl methyl sites for hydroxylation is 2. The number of ether oxygens (including phenoxy) is 1. The molecule has 0 saturated heterocycles. The molecule has 0 aliphatic rings. The lowest BCUT2D eigenvalue weighted by Crippen LogP contribution is -1.99. The zero-order chi connectivity index (χ0) is 19.9. The van der Waals surface area contributed by atoms with E-state index in [1.165, 1.54) is 36.5 Å². The number of fused-ring (bicyclic) bond motifs is 1. The van der Waals surface area contributed by atoms with Crippen LogP contribution in [-0.4, -0.2) is 5.97 Å². The molecule has 28 heavy (non-hydrogen) atoms. The van der Waals surface area contributed by atoms with E-state index >= 15 is 0 Å². The third-order valence-electron chi connectivity index (χ3n) is 5.02. The number of carbonyl (C=O) groups is 1. The lowest BCUT2D eigenvalue weighted by molar-refractivity contribution is -0.138. The van der Waals surface area contributed by atoms with E-state index < -0.39 is 5.97 Å². The van der Waals surface area contributed by atoms with Gasteiger partial charge in [-0.15, -0.1) is 0 Å². The molecule has 0 radical (unpaired) electrons. The number of rotatable bonds is 9. The lowest BCUT2D eigenvalue weighted by atomic mass is 9.97. The predicted octanol–water partition coefficient (Wildman–Crippen LogP) is 6.62. The highest BCUT2D eigenvalue weighted by atomic mass is 16.5.